The second-order valence-electron chi connectivity index (χ2n) is 7.41. The number of nitrogens with zero attached hydrogens (tertiary/aromatic N) is 3. The molecule has 2 aromatic rings. The minimum atomic E-state index is -0.472. The summed E-state index contributed by atoms with van der Waals surface area (Å²) >= 11 is 0. The Labute approximate surface area is 142 Å². The molecule has 0 saturated carbocycles. The van der Waals surface area contributed by atoms with Crippen LogP contribution in [-0.2, 0) is 4.74 Å². The van der Waals surface area contributed by atoms with Gasteiger partial charge in [-0.05, 0) is 51.8 Å². The number of H-pyrrole nitrogens is 1. The molecule has 0 aromatic carbocycles. The van der Waals surface area contributed by atoms with E-state index in [0.717, 1.165) is 42.8 Å². The number of aromatic nitrogens is 2. The Hall–Kier alpha value is -2.24. The molecule has 0 aliphatic carbocycles. The van der Waals surface area contributed by atoms with Crippen LogP contribution in [0, 0.1) is 0 Å². The van der Waals surface area contributed by atoms with Crippen LogP contribution in [0.3, 0.4) is 0 Å². The normalized spacial score (nSPS) is 18.7. The SMILES string of the molecule is CN(C(=O)OC(C)(C)C)[C@@H]1CCCN(c2ccc3[nH]ccc3n2)C1. The number of hydrogen-bond donors (Lipinski definition) is 1. The van der Waals surface area contributed by atoms with Crippen molar-refractivity contribution < 1.29 is 9.53 Å². The molecule has 6 heteroatoms. The number of rotatable bonds is 2. The van der Waals surface area contributed by atoms with Crippen LogP contribution in [-0.4, -0.2) is 52.7 Å². The molecular formula is C18H26N4O2. The fourth-order valence-electron chi connectivity index (χ4n) is 3.06. The van der Waals surface area contributed by atoms with Gasteiger partial charge in [0, 0.05) is 26.3 Å². The van der Waals surface area contributed by atoms with Gasteiger partial charge in [0.05, 0.1) is 17.1 Å². The molecule has 3 rings (SSSR count). The van der Waals surface area contributed by atoms with Crippen LogP contribution in [0.4, 0.5) is 10.6 Å². The number of aromatic amines is 1. The number of amides is 1. The van der Waals surface area contributed by atoms with Crippen molar-refractivity contribution in [1.82, 2.24) is 14.9 Å². The molecule has 1 amide bonds. The van der Waals surface area contributed by atoms with E-state index in [9.17, 15) is 4.79 Å². The van der Waals surface area contributed by atoms with E-state index in [1.165, 1.54) is 0 Å². The Balaban J connectivity index is 1.70. The highest BCUT2D eigenvalue weighted by molar-refractivity contribution is 5.77. The Morgan fingerprint density at radius 1 is 1.38 bits per heavy atom. The smallest absolute Gasteiger partial charge is 0.410 e. The second-order valence-corrected chi connectivity index (χ2v) is 7.41. The Morgan fingerprint density at radius 3 is 2.92 bits per heavy atom. The second kappa shape index (κ2) is 6.34. The summed E-state index contributed by atoms with van der Waals surface area (Å²) in [7, 11) is 1.82. The van der Waals surface area contributed by atoms with Gasteiger partial charge in [0.25, 0.3) is 0 Å². The summed E-state index contributed by atoms with van der Waals surface area (Å²) in [5, 5.41) is 0. The van der Waals surface area contributed by atoms with E-state index >= 15 is 0 Å². The lowest BCUT2D eigenvalue weighted by molar-refractivity contribution is 0.0209. The zero-order valence-corrected chi connectivity index (χ0v) is 14.9. The minimum Gasteiger partial charge on any atom is -0.444 e. The first-order chi connectivity index (χ1) is 11.3. The fourth-order valence-corrected chi connectivity index (χ4v) is 3.06. The summed E-state index contributed by atoms with van der Waals surface area (Å²) < 4.78 is 5.49. The molecule has 1 aliphatic heterocycles. The summed E-state index contributed by atoms with van der Waals surface area (Å²) in [4.78, 5) is 24.2. The maximum Gasteiger partial charge on any atom is 0.410 e. The number of piperidine rings is 1. The molecule has 0 bridgehead atoms. The van der Waals surface area contributed by atoms with Crippen molar-refractivity contribution in [2.45, 2.75) is 45.3 Å². The van der Waals surface area contributed by atoms with Gasteiger partial charge in [0.1, 0.15) is 11.4 Å². The van der Waals surface area contributed by atoms with E-state index < -0.39 is 5.60 Å². The number of hydrogen-bond acceptors (Lipinski definition) is 4. The molecule has 3 heterocycles. The van der Waals surface area contributed by atoms with E-state index in [4.69, 9.17) is 9.72 Å². The zero-order valence-electron chi connectivity index (χ0n) is 14.9. The molecule has 6 nitrogen and oxygen atoms in total. The molecular weight excluding hydrogens is 304 g/mol. The average Bonchev–Trinajstić information content (AvgIpc) is 3.00. The van der Waals surface area contributed by atoms with Gasteiger partial charge < -0.3 is 19.5 Å². The largest absolute Gasteiger partial charge is 0.444 e. The van der Waals surface area contributed by atoms with E-state index in [2.05, 4.69) is 16.0 Å². The third kappa shape index (κ3) is 3.63. The maximum atomic E-state index is 12.3. The van der Waals surface area contributed by atoms with Gasteiger partial charge in [-0.1, -0.05) is 0 Å². The highest BCUT2D eigenvalue weighted by atomic mass is 16.6. The van der Waals surface area contributed by atoms with Gasteiger partial charge in [0.2, 0.25) is 0 Å². The van der Waals surface area contributed by atoms with Gasteiger partial charge in [-0.15, -0.1) is 0 Å². The minimum absolute atomic E-state index is 0.136. The lowest BCUT2D eigenvalue weighted by atomic mass is 10.0. The molecule has 1 saturated heterocycles. The molecule has 24 heavy (non-hydrogen) atoms. The predicted octanol–water partition coefficient (Wildman–Crippen LogP) is 3.40. The van der Waals surface area contributed by atoms with E-state index in [1.54, 1.807) is 4.90 Å². The van der Waals surface area contributed by atoms with Crippen LogP contribution in [0.1, 0.15) is 33.6 Å². The summed E-state index contributed by atoms with van der Waals surface area (Å²) in [5.74, 6) is 0.962. The van der Waals surface area contributed by atoms with Crippen molar-refractivity contribution in [1.29, 1.82) is 0 Å². The molecule has 0 radical (unpaired) electrons. The first-order valence-electron chi connectivity index (χ1n) is 8.48. The molecule has 1 N–H and O–H groups in total. The Kier molecular flexibility index (Phi) is 4.39. The Bertz CT molecular complexity index is 719. The highest BCUT2D eigenvalue weighted by Gasteiger charge is 2.29. The average molecular weight is 330 g/mol. The van der Waals surface area contributed by atoms with Crippen molar-refractivity contribution in [2.24, 2.45) is 0 Å². The lowest BCUT2D eigenvalue weighted by Crippen LogP contribution is -2.50. The summed E-state index contributed by atoms with van der Waals surface area (Å²) in [6.45, 7) is 7.41. The number of carbonyl (C=O) groups excluding carboxylic acids is 1. The summed E-state index contributed by atoms with van der Waals surface area (Å²) in [6.07, 6.45) is 3.66. The van der Waals surface area contributed by atoms with Gasteiger partial charge >= 0.3 is 6.09 Å². The number of nitrogens with one attached hydrogen (secondary N) is 1. The first-order valence-corrected chi connectivity index (χ1v) is 8.48. The van der Waals surface area contributed by atoms with Crippen LogP contribution >= 0.6 is 0 Å². The van der Waals surface area contributed by atoms with Crippen molar-refractivity contribution in [3.63, 3.8) is 0 Å². The van der Waals surface area contributed by atoms with E-state index in [0.29, 0.717) is 0 Å². The molecule has 2 aromatic heterocycles. The van der Waals surface area contributed by atoms with Crippen LogP contribution in [0.5, 0.6) is 0 Å². The third-order valence-corrected chi connectivity index (χ3v) is 4.34. The van der Waals surface area contributed by atoms with Gasteiger partial charge in [-0.25, -0.2) is 9.78 Å². The van der Waals surface area contributed by atoms with Crippen LogP contribution in [0.25, 0.3) is 11.0 Å². The van der Waals surface area contributed by atoms with Crippen molar-refractivity contribution in [3.8, 4) is 0 Å². The number of pyridine rings is 1. The predicted molar refractivity (Wildman–Crippen MR) is 95.3 cm³/mol. The monoisotopic (exact) mass is 330 g/mol. The topological polar surface area (TPSA) is 61.5 Å². The van der Waals surface area contributed by atoms with E-state index in [1.807, 2.05) is 46.1 Å². The number of ether oxygens (including phenoxy) is 1. The van der Waals surface area contributed by atoms with Crippen molar-refractivity contribution in [2.75, 3.05) is 25.0 Å². The molecule has 130 valence electrons. The summed E-state index contributed by atoms with van der Waals surface area (Å²) in [5.41, 5.74) is 1.54. The Morgan fingerprint density at radius 2 is 2.17 bits per heavy atom. The summed E-state index contributed by atoms with van der Waals surface area (Å²) in [6, 6.07) is 6.21. The van der Waals surface area contributed by atoms with Gasteiger partial charge in [-0.3, -0.25) is 0 Å². The van der Waals surface area contributed by atoms with Crippen LogP contribution < -0.4 is 4.90 Å². The van der Waals surface area contributed by atoms with Crippen molar-refractivity contribution in [3.05, 3.63) is 24.4 Å². The highest BCUT2D eigenvalue weighted by Crippen LogP contribution is 2.23. The lowest BCUT2D eigenvalue weighted by Gasteiger charge is -2.38. The standard InChI is InChI=1S/C18H26N4O2/c1-18(2,3)24-17(23)21(4)13-6-5-11-22(12-13)16-8-7-14-15(20-16)9-10-19-14/h7-10,13,19H,5-6,11-12H2,1-4H3/t13-/m1/s1. The molecule has 1 fully saturated rings. The number of carbonyl (C=O) groups is 1. The molecule has 1 atom stereocenters. The van der Waals surface area contributed by atoms with Crippen molar-refractivity contribution >= 4 is 22.9 Å². The number of likely N-dealkylation sites (N-methyl/N-ethyl adjacent to an activating group) is 1. The first kappa shape index (κ1) is 16.6. The number of anilines is 1. The molecule has 0 spiro atoms. The van der Waals surface area contributed by atoms with E-state index in [-0.39, 0.29) is 12.1 Å². The maximum absolute atomic E-state index is 12.3. The zero-order chi connectivity index (χ0) is 17.3. The van der Waals surface area contributed by atoms with Crippen LogP contribution in [0.2, 0.25) is 0 Å². The van der Waals surface area contributed by atoms with Crippen LogP contribution in [0.15, 0.2) is 24.4 Å². The number of fused-ring (bicyclic) bond motifs is 1. The third-order valence-electron chi connectivity index (χ3n) is 4.34. The molecule has 0 unspecified atom stereocenters. The fraction of sp³-hybridized carbons (Fsp3) is 0.556. The quantitative estimate of drug-likeness (QED) is 0.917. The van der Waals surface area contributed by atoms with Gasteiger partial charge in [0.15, 0.2) is 0 Å². The molecule has 1 aliphatic rings. The van der Waals surface area contributed by atoms with Gasteiger partial charge in [-0.2, -0.15) is 0 Å².